The van der Waals surface area contributed by atoms with E-state index >= 15 is 0 Å². The molecular formula is C11H19N5O. The Morgan fingerprint density at radius 3 is 3.06 bits per heavy atom. The van der Waals surface area contributed by atoms with Gasteiger partial charge < -0.3 is 10.1 Å². The molecule has 0 saturated carbocycles. The Bertz CT molecular complexity index is 367. The molecule has 1 aromatic heterocycles. The minimum absolute atomic E-state index is 0.492. The summed E-state index contributed by atoms with van der Waals surface area (Å²) < 4.78 is 4.92. The van der Waals surface area contributed by atoms with Crippen LogP contribution in [0.25, 0.3) is 0 Å². The number of hydrazine groups is 1. The van der Waals surface area contributed by atoms with Gasteiger partial charge in [-0.2, -0.15) is 0 Å². The highest BCUT2D eigenvalue weighted by molar-refractivity contribution is 5.79. The van der Waals surface area contributed by atoms with Crippen LogP contribution in [0.2, 0.25) is 0 Å². The number of rotatable bonds is 5. The highest BCUT2D eigenvalue weighted by Crippen LogP contribution is 2.03. The molecule has 0 spiro atoms. The third-order valence-electron chi connectivity index (χ3n) is 2.24. The average molecular weight is 237 g/mol. The highest BCUT2D eigenvalue weighted by atomic mass is 16.5. The third-order valence-corrected chi connectivity index (χ3v) is 2.24. The van der Waals surface area contributed by atoms with Crippen LogP contribution in [0, 0.1) is 6.92 Å². The second-order valence-corrected chi connectivity index (χ2v) is 3.50. The van der Waals surface area contributed by atoms with E-state index in [1.807, 2.05) is 19.1 Å². The summed E-state index contributed by atoms with van der Waals surface area (Å²) >= 11 is 0. The van der Waals surface area contributed by atoms with Gasteiger partial charge in [-0.15, -0.1) is 0 Å². The minimum atomic E-state index is 0.492. The summed E-state index contributed by atoms with van der Waals surface area (Å²) in [7, 11) is 1.64. The van der Waals surface area contributed by atoms with Crippen LogP contribution in [0.5, 0.6) is 0 Å². The van der Waals surface area contributed by atoms with Gasteiger partial charge in [0, 0.05) is 19.9 Å². The van der Waals surface area contributed by atoms with Crippen molar-refractivity contribution in [3.05, 3.63) is 29.6 Å². The number of aryl methyl sites for hydroxylation is 1. The van der Waals surface area contributed by atoms with E-state index in [1.54, 1.807) is 13.3 Å². The molecule has 0 saturated heterocycles. The van der Waals surface area contributed by atoms with Crippen LogP contribution in [-0.4, -0.2) is 31.2 Å². The maximum atomic E-state index is 5.35. The molecule has 17 heavy (non-hydrogen) atoms. The Kier molecular flexibility index (Phi) is 5.98. The van der Waals surface area contributed by atoms with E-state index in [0.717, 1.165) is 11.3 Å². The molecule has 0 aliphatic rings. The third kappa shape index (κ3) is 4.80. The molecule has 0 atom stereocenters. The summed E-state index contributed by atoms with van der Waals surface area (Å²) in [5.74, 6) is 5.89. The Morgan fingerprint density at radius 1 is 1.59 bits per heavy atom. The number of hydrogen-bond donors (Lipinski definition) is 3. The summed E-state index contributed by atoms with van der Waals surface area (Å²) in [4.78, 5) is 8.55. The number of methoxy groups -OCH3 is 1. The maximum absolute atomic E-state index is 5.35. The van der Waals surface area contributed by atoms with Crippen molar-refractivity contribution in [3.63, 3.8) is 0 Å². The molecule has 0 aromatic carbocycles. The SMILES string of the molecule is COCCNC(=NCc1ncccc1C)NN. The molecule has 0 fully saturated rings. The number of hydrogen-bond acceptors (Lipinski definition) is 4. The van der Waals surface area contributed by atoms with Gasteiger partial charge in [-0.3, -0.25) is 10.4 Å². The van der Waals surface area contributed by atoms with E-state index in [1.165, 1.54) is 0 Å². The summed E-state index contributed by atoms with van der Waals surface area (Å²) in [6.45, 7) is 3.75. The van der Waals surface area contributed by atoms with Gasteiger partial charge in [0.15, 0.2) is 0 Å². The Labute approximate surface area is 101 Å². The number of nitrogens with zero attached hydrogens (tertiary/aromatic N) is 2. The first-order valence-electron chi connectivity index (χ1n) is 5.42. The van der Waals surface area contributed by atoms with Gasteiger partial charge in [-0.1, -0.05) is 6.07 Å². The number of aliphatic imine (C=N–C) groups is 1. The van der Waals surface area contributed by atoms with Crippen LogP contribution in [0.4, 0.5) is 0 Å². The van der Waals surface area contributed by atoms with Crippen LogP contribution >= 0.6 is 0 Å². The molecule has 0 amide bonds. The lowest BCUT2D eigenvalue weighted by atomic mass is 10.2. The summed E-state index contributed by atoms with van der Waals surface area (Å²) in [5, 5.41) is 3.02. The van der Waals surface area contributed by atoms with Gasteiger partial charge in [0.1, 0.15) is 0 Å². The molecule has 6 nitrogen and oxygen atoms in total. The highest BCUT2D eigenvalue weighted by Gasteiger charge is 1.99. The van der Waals surface area contributed by atoms with Crippen molar-refractivity contribution in [2.45, 2.75) is 13.5 Å². The molecule has 1 rings (SSSR count). The van der Waals surface area contributed by atoms with Gasteiger partial charge >= 0.3 is 0 Å². The number of pyridine rings is 1. The van der Waals surface area contributed by atoms with Crippen LogP contribution < -0.4 is 16.6 Å². The lowest BCUT2D eigenvalue weighted by Gasteiger charge is -2.08. The standard InChI is InChI=1S/C11H19N5O/c1-9-4-3-5-13-10(9)8-15-11(16-12)14-6-7-17-2/h3-5H,6-8,12H2,1-2H3,(H2,14,15,16). The molecule has 94 valence electrons. The van der Waals surface area contributed by atoms with Gasteiger partial charge in [0.05, 0.1) is 18.8 Å². The van der Waals surface area contributed by atoms with E-state index in [9.17, 15) is 0 Å². The van der Waals surface area contributed by atoms with Crippen molar-refractivity contribution in [1.29, 1.82) is 0 Å². The quantitative estimate of drug-likeness (QED) is 0.220. The number of nitrogens with one attached hydrogen (secondary N) is 2. The maximum Gasteiger partial charge on any atom is 0.206 e. The zero-order valence-corrected chi connectivity index (χ0v) is 10.2. The van der Waals surface area contributed by atoms with Gasteiger partial charge in [0.2, 0.25) is 5.96 Å². The summed E-state index contributed by atoms with van der Waals surface area (Å²) in [6.07, 6.45) is 1.76. The first-order valence-corrected chi connectivity index (χ1v) is 5.42. The van der Waals surface area contributed by atoms with Crippen LogP contribution in [0.1, 0.15) is 11.3 Å². The minimum Gasteiger partial charge on any atom is -0.383 e. The van der Waals surface area contributed by atoms with E-state index in [0.29, 0.717) is 25.7 Å². The van der Waals surface area contributed by atoms with E-state index in [4.69, 9.17) is 10.6 Å². The molecule has 1 aromatic rings. The molecule has 0 aliphatic carbocycles. The van der Waals surface area contributed by atoms with E-state index < -0.39 is 0 Å². The monoisotopic (exact) mass is 237 g/mol. The smallest absolute Gasteiger partial charge is 0.206 e. The fraction of sp³-hybridized carbons (Fsp3) is 0.455. The van der Waals surface area contributed by atoms with Crippen molar-refractivity contribution in [3.8, 4) is 0 Å². The van der Waals surface area contributed by atoms with Gasteiger partial charge in [-0.05, 0) is 18.6 Å². The normalized spacial score (nSPS) is 11.4. The van der Waals surface area contributed by atoms with Crippen LogP contribution in [0.3, 0.4) is 0 Å². The Balaban J connectivity index is 2.52. The van der Waals surface area contributed by atoms with Crippen molar-refractivity contribution >= 4 is 5.96 Å². The molecule has 1 heterocycles. The van der Waals surface area contributed by atoms with E-state index in [-0.39, 0.29) is 0 Å². The summed E-state index contributed by atoms with van der Waals surface area (Å²) in [5.41, 5.74) is 4.56. The predicted octanol–water partition coefficient (Wildman–Crippen LogP) is -0.0547. The topological polar surface area (TPSA) is 84.6 Å². The van der Waals surface area contributed by atoms with Gasteiger partial charge in [-0.25, -0.2) is 10.8 Å². The Morgan fingerprint density at radius 2 is 2.41 bits per heavy atom. The first kappa shape index (κ1) is 13.4. The molecule has 4 N–H and O–H groups in total. The molecule has 0 unspecified atom stereocenters. The zero-order valence-electron chi connectivity index (χ0n) is 10.2. The molecule has 0 radical (unpaired) electrons. The molecule has 0 aliphatic heterocycles. The number of ether oxygens (including phenoxy) is 1. The summed E-state index contributed by atoms with van der Waals surface area (Å²) in [6, 6.07) is 3.91. The lowest BCUT2D eigenvalue weighted by molar-refractivity contribution is 0.203. The fourth-order valence-corrected chi connectivity index (χ4v) is 1.26. The van der Waals surface area contributed by atoms with Crippen molar-refractivity contribution in [2.75, 3.05) is 20.3 Å². The second-order valence-electron chi connectivity index (χ2n) is 3.50. The van der Waals surface area contributed by atoms with Crippen molar-refractivity contribution in [1.82, 2.24) is 15.7 Å². The number of aromatic nitrogens is 1. The molecule has 6 heteroatoms. The first-order chi connectivity index (χ1) is 8.27. The largest absolute Gasteiger partial charge is 0.383 e. The zero-order chi connectivity index (χ0) is 12.5. The number of nitrogens with two attached hydrogens (primary N) is 1. The fourth-order valence-electron chi connectivity index (χ4n) is 1.26. The van der Waals surface area contributed by atoms with Gasteiger partial charge in [0.25, 0.3) is 0 Å². The number of guanidine groups is 1. The molecule has 0 bridgehead atoms. The van der Waals surface area contributed by atoms with Crippen LogP contribution in [0.15, 0.2) is 23.3 Å². The lowest BCUT2D eigenvalue weighted by Crippen LogP contribution is -2.42. The average Bonchev–Trinajstić information content (AvgIpc) is 2.35. The van der Waals surface area contributed by atoms with Crippen molar-refractivity contribution in [2.24, 2.45) is 10.8 Å². The molecular weight excluding hydrogens is 218 g/mol. The van der Waals surface area contributed by atoms with Crippen LogP contribution in [-0.2, 0) is 11.3 Å². The predicted molar refractivity (Wildman–Crippen MR) is 67.3 cm³/mol. The van der Waals surface area contributed by atoms with E-state index in [2.05, 4.69) is 20.7 Å². The van der Waals surface area contributed by atoms with Crippen molar-refractivity contribution < 1.29 is 4.74 Å². The second kappa shape index (κ2) is 7.59. The Hall–Kier alpha value is -1.66.